The summed E-state index contributed by atoms with van der Waals surface area (Å²) in [5, 5.41) is 6.77. The third-order valence-electron chi connectivity index (χ3n) is 8.10. The highest BCUT2D eigenvalue weighted by molar-refractivity contribution is 6.00. The number of carbonyl (C=O) groups is 2. The number of carbonyl (C=O) groups excluding carboxylic acids is 2. The van der Waals surface area contributed by atoms with Crippen molar-refractivity contribution < 1.29 is 27.8 Å². The van der Waals surface area contributed by atoms with Gasteiger partial charge in [-0.2, -0.15) is 0 Å². The maximum atomic E-state index is 14.6. The number of amides is 2. The fraction of sp³-hybridized carbons (Fsp3) is 0.613. The van der Waals surface area contributed by atoms with Crippen molar-refractivity contribution in [3.8, 4) is 0 Å². The lowest BCUT2D eigenvalue weighted by atomic mass is 9.91. The van der Waals surface area contributed by atoms with Gasteiger partial charge in [0.1, 0.15) is 11.6 Å². The summed E-state index contributed by atoms with van der Waals surface area (Å²) in [5.74, 6) is -1.56. The van der Waals surface area contributed by atoms with Gasteiger partial charge < -0.3 is 24.6 Å². The van der Waals surface area contributed by atoms with Crippen LogP contribution in [-0.4, -0.2) is 99.4 Å². The van der Waals surface area contributed by atoms with E-state index in [0.717, 1.165) is 12.5 Å². The van der Waals surface area contributed by atoms with Crippen molar-refractivity contribution in [1.29, 1.82) is 0 Å². The second kappa shape index (κ2) is 14.4. The molecule has 1 aromatic rings. The van der Waals surface area contributed by atoms with E-state index in [9.17, 15) is 18.4 Å². The Morgan fingerprint density at radius 1 is 1.14 bits per heavy atom. The number of ether oxygens (including phenoxy) is 2. The van der Waals surface area contributed by atoms with Gasteiger partial charge in [0.25, 0.3) is 5.91 Å². The van der Waals surface area contributed by atoms with Crippen molar-refractivity contribution >= 4 is 17.5 Å². The standard InChI is InChI=1S/C31H45F2N5O4/c1-21(2)20-37(27-14-23(18-34-19-27)30(39)36-9-12-42-13-10-36)31(40)29-22(3)35(4)38(28(29)8-6-7-11-41-5)26-16-24(32)15-25(33)17-26/h15-17,21,23,27,34H,3,6-14,18-20H2,1-2,4-5H3/t23-,27+/m1/s1. The molecule has 0 aliphatic carbocycles. The number of methoxy groups -OCH3 is 1. The molecule has 3 aliphatic rings. The number of morpholine rings is 1. The molecule has 0 aromatic heterocycles. The first-order valence-corrected chi connectivity index (χ1v) is 14.9. The quantitative estimate of drug-likeness (QED) is 0.396. The lowest BCUT2D eigenvalue weighted by Gasteiger charge is -2.40. The number of benzene rings is 1. The normalized spacial score (nSPS) is 21.5. The molecule has 2 atom stereocenters. The molecule has 11 heteroatoms. The molecular weight excluding hydrogens is 544 g/mol. The number of rotatable bonds is 11. The first-order valence-electron chi connectivity index (χ1n) is 14.9. The first-order chi connectivity index (χ1) is 20.1. The van der Waals surface area contributed by atoms with Crippen molar-refractivity contribution in [3.05, 3.63) is 53.4 Å². The molecule has 9 nitrogen and oxygen atoms in total. The number of hydrogen-bond donors (Lipinski definition) is 1. The molecule has 3 heterocycles. The number of allylic oxidation sites excluding steroid dienone is 1. The van der Waals surface area contributed by atoms with Crippen molar-refractivity contribution in [2.24, 2.45) is 11.8 Å². The lowest BCUT2D eigenvalue weighted by Crippen LogP contribution is -2.56. The van der Waals surface area contributed by atoms with Gasteiger partial charge in [-0.25, -0.2) is 8.78 Å². The van der Waals surface area contributed by atoms with Gasteiger partial charge in [0, 0.05) is 65.6 Å². The van der Waals surface area contributed by atoms with Crippen LogP contribution < -0.4 is 10.3 Å². The van der Waals surface area contributed by atoms with E-state index in [-0.39, 0.29) is 35.4 Å². The van der Waals surface area contributed by atoms with Crippen molar-refractivity contribution in [2.45, 2.75) is 45.6 Å². The average Bonchev–Trinajstić information content (AvgIpc) is 3.22. The second-order valence-corrected chi connectivity index (χ2v) is 11.7. The Morgan fingerprint density at radius 3 is 2.48 bits per heavy atom. The van der Waals surface area contributed by atoms with E-state index in [0.29, 0.717) is 88.8 Å². The predicted molar refractivity (Wildman–Crippen MR) is 157 cm³/mol. The van der Waals surface area contributed by atoms with Gasteiger partial charge in [0.2, 0.25) is 5.91 Å². The maximum Gasteiger partial charge on any atom is 0.258 e. The average molecular weight is 590 g/mol. The Balaban J connectivity index is 1.67. The van der Waals surface area contributed by atoms with Gasteiger partial charge in [-0.15, -0.1) is 0 Å². The van der Waals surface area contributed by atoms with Crippen LogP contribution in [-0.2, 0) is 19.1 Å². The van der Waals surface area contributed by atoms with Crippen LogP contribution in [0.1, 0.15) is 39.5 Å². The van der Waals surface area contributed by atoms with Crippen LogP contribution in [0.25, 0.3) is 0 Å². The number of hydrazine groups is 1. The van der Waals surface area contributed by atoms with Crippen LogP contribution in [0.15, 0.2) is 41.7 Å². The van der Waals surface area contributed by atoms with E-state index in [2.05, 4.69) is 25.7 Å². The molecule has 0 spiro atoms. The van der Waals surface area contributed by atoms with Crippen LogP contribution >= 0.6 is 0 Å². The third kappa shape index (κ3) is 7.30. The van der Waals surface area contributed by atoms with E-state index in [1.54, 1.807) is 24.2 Å². The fourth-order valence-corrected chi connectivity index (χ4v) is 6.06. The van der Waals surface area contributed by atoms with Crippen molar-refractivity contribution in [1.82, 2.24) is 20.1 Å². The smallest absolute Gasteiger partial charge is 0.258 e. The van der Waals surface area contributed by atoms with Crippen LogP contribution in [0.4, 0.5) is 14.5 Å². The summed E-state index contributed by atoms with van der Waals surface area (Å²) < 4.78 is 39.3. The first kappa shape index (κ1) is 31.9. The van der Waals surface area contributed by atoms with E-state index in [4.69, 9.17) is 9.47 Å². The summed E-state index contributed by atoms with van der Waals surface area (Å²) in [5.41, 5.74) is 1.82. The number of hydrogen-bond acceptors (Lipinski definition) is 7. The number of nitrogens with zero attached hydrogens (tertiary/aromatic N) is 4. The summed E-state index contributed by atoms with van der Waals surface area (Å²) in [6.07, 6.45) is 2.51. The monoisotopic (exact) mass is 589 g/mol. The zero-order valence-electron chi connectivity index (χ0n) is 25.3. The molecule has 0 saturated carbocycles. The zero-order valence-corrected chi connectivity index (χ0v) is 25.3. The van der Waals surface area contributed by atoms with E-state index in [1.807, 2.05) is 9.80 Å². The maximum absolute atomic E-state index is 14.6. The van der Waals surface area contributed by atoms with Crippen molar-refractivity contribution in [3.63, 3.8) is 0 Å². The lowest BCUT2D eigenvalue weighted by molar-refractivity contribution is -0.142. The number of halogens is 2. The van der Waals surface area contributed by atoms with Crippen LogP contribution in [0.5, 0.6) is 0 Å². The number of nitrogens with one attached hydrogen (secondary N) is 1. The topological polar surface area (TPSA) is 77.6 Å². The molecule has 0 radical (unpaired) electrons. The molecule has 3 aliphatic heterocycles. The zero-order chi connectivity index (χ0) is 30.4. The van der Waals surface area contributed by atoms with Gasteiger partial charge in [0.15, 0.2) is 0 Å². The molecule has 2 fully saturated rings. The van der Waals surface area contributed by atoms with E-state index < -0.39 is 11.6 Å². The van der Waals surface area contributed by atoms with E-state index >= 15 is 0 Å². The highest BCUT2D eigenvalue weighted by atomic mass is 19.1. The molecule has 2 amide bonds. The largest absolute Gasteiger partial charge is 0.385 e. The molecular formula is C31H45F2N5O4. The molecule has 42 heavy (non-hydrogen) atoms. The Labute approximate surface area is 248 Å². The Hall–Kier alpha value is -3.02. The van der Waals surface area contributed by atoms with Gasteiger partial charge in [0.05, 0.1) is 41.8 Å². The summed E-state index contributed by atoms with van der Waals surface area (Å²) in [7, 11) is 3.38. The van der Waals surface area contributed by atoms with E-state index in [1.165, 1.54) is 12.1 Å². The van der Waals surface area contributed by atoms with Gasteiger partial charge in [-0.05, 0) is 43.7 Å². The number of piperidine rings is 1. The van der Waals surface area contributed by atoms with Crippen LogP contribution in [0, 0.1) is 23.5 Å². The minimum absolute atomic E-state index is 0.0924. The predicted octanol–water partition coefficient (Wildman–Crippen LogP) is 3.54. The second-order valence-electron chi connectivity index (χ2n) is 11.7. The highest BCUT2D eigenvalue weighted by Gasteiger charge is 2.41. The summed E-state index contributed by atoms with van der Waals surface area (Å²) in [4.78, 5) is 31.7. The Bertz CT molecular complexity index is 1150. The molecule has 1 N–H and O–H groups in total. The van der Waals surface area contributed by atoms with Crippen LogP contribution in [0.3, 0.4) is 0 Å². The minimum Gasteiger partial charge on any atom is -0.385 e. The summed E-state index contributed by atoms with van der Waals surface area (Å²) in [6, 6.07) is 3.14. The SMILES string of the molecule is C=C1C(C(=O)N(CC(C)C)[C@@H]2CNC[C@H](C(=O)N3CCOCC3)C2)=C(CCCCOC)N(c2cc(F)cc(F)c2)N1C. The number of anilines is 1. The molecule has 232 valence electrons. The highest BCUT2D eigenvalue weighted by Crippen LogP contribution is 2.39. The van der Waals surface area contributed by atoms with Gasteiger partial charge in [-0.3, -0.25) is 19.6 Å². The minimum atomic E-state index is -0.701. The third-order valence-corrected chi connectivity index (χ3v) is 8.10. The summed E-state index contributed by atoms with van der Waals surface area (Å²) >= 11 is 0. The Morgan fingerprint density at radius 2 is 1.83 bits per heavy atom. The number of likely N-dealkylation sites (N-methyl/N-ethyl adjacent to an activating group) is 1. The van der Waals surface area contributed by atoms with Crippen LogP contribution in [0.2, 0.25) is 0 Å². The molecule has 4 rings (SSSR count). The van der Waals surface area contributed by atoms with Gasteiger partial charge in [-0.1, -0.05) is 20.4 Å². The molecule has 1 aromatic carbocycles. The van der Waals surface area contributed by atoms with Crippen molar-refractivity contribution in [2.75, 3.05) is 71.7 Å². The van der Waals surface area contributed by atoms with Gasteiger partial charge >= 0.3 is 0 Å². The Kier molecular flexibility index (Phi) is 11.0. The molecule has 0 unspecified atom stereocenters. The molecule has 0 bridgehead atoms. The molecule has 2 saturated heterocycles. The summed E-state index contributed by atoms with van der Waals surface area (Å²) in [6.45, 7) is 12.8. The fourth-order valence-electron chi connectivity index (χ4n) is 6.06. The number of unbranched alkanes of at least 4 members (excludes halogenated alkanes) is 1.